The number of nitrogens with one attached hydrogen (secondary N) is 1. The molecule has 1 saturated heterocycles. The van der Waals surface area contributed by atoms with Crippen LogP contribution in [0.3, 0.4) is 0 Å². The number of ether oxygens (including phenoxy) is 1. The van der Waals surface area contributed by atoms with Gasteiger partial charge in [-0.3, -0.25) is 4.72 Å². The van der Waals surface area contributed by atoms with Gasteiger partial charge in [-0.15, -0.1) is 0 Å². The Bertz CT molecular complexity index is 1040. The van der Waals surface area contributed by atoms with Crippen LogP contribution in [-0.2, 0) is 19.3 Å². The van der Waals surface area contributed by atoms with Gasteiger partial charge in [0, 0.05) is 17.2 Å². The second kappa shape index (κ2) is 7.83. The molecule has 30 heavy (non-hydrogen) atoms. The average molecular weight is 439 g/mol. The van der Waals surface area contributed by atoms with E-state index >= 15 is 0 Å². The topological polar surface area (TPSA) is 73.9 Å². The van der Waals surface area contributed by atoms with Crippen molar-refractivity contribution in [3.8, 4) is 11.5 Å². The van der Waals surface area contributed by atoms with Gasteiger partial charge in [-0.25, -0.2) is 17.2 Å². The summed E-state index contributed by atoms with van der Waals surface area (Å²) in [5.41, 5.74) is -0.661. The molecule has 0 atom stereocenters. The Morgan fingerprint density at radius 2 is 1.60 bits per heavy atom. The molecule has 2 aromatic carbocycles. The fourth-order valence-electron chi connectivity index (χ4n) is 2.79. The van der Waals surface area contributed by atoms with Crippen molar-refractivity contribution < 1.29 is 31.2 Å². The summed E-state index contributed by atoms with van der Waals surface area (Å²) in [6, 6.07) is 7.46. The summed E-state index contributed by atoms with van der Waals surface area (Å²) < 4.78 is 71.5. The molecule has 0 amide bonds. The molecule has 1 heterocycles. The molecule has 6 nitrogen and oxygen atoms in total. The highest BCUT2D eigenvalue weighted by Gasteiger charge is 2.52. The zero-order valence-electron chi connectivity index (χ0n) is 17.5. The van der Waals surface area contributed by atoms with Crippen LogP contribution in [0.5, 0.6) is 11.5 Å². The van der Waals surface area contributed by atoms with Gasteiger partial charge in [-0.1, -0.05) is 0 Å². The highest BCUT2D eigenvalue weighted by molar-refractivity contribution is 7.92. The van der Waals surface area contributed by atoms with Gasteiger partial charge in [-0.2, -0.15) is 0 Å². The summed E-state index contributed by atoms with van der Waals surface area (Å²) in [6.07, 6.45) is 0. The molecule has 3 rings (SSSR count). The smallest absolute Gasteiger partial charge is 0.455 e. The van der Waals surface area contributed by atoms with Crippen LogP contribution in [0.15, 0.2) is 36.4 Å². The van der Waals surface area contributed by atoms with Crippen LogP contribution in [-0.4, -0.2) is 32.5 Å². The van der Waals surface area contributed by atoms with Crippen LogP contribution in [0.25, 0.3) is 0 Å². The van der Waals surface area contributed by atoms with E-state index in [2.05, 4.69) is 4.72 Å². The Kier molecular flexibility index (Phi) is 5.88. The highest BCUT2D eigenvalue weighted by atomic mass is 32.2. The van der Waals surface area contributed by atoms with E-state index in [0.717, 1.165) is 6.07 Å². The summed E-state index contributed by atoms with van der Waals surface area (Å²) >= 11 is 0. The summed E-state index contributed by atoms with van der Waals surface area (Å²) in [5.74, 6) is -1.69. The molecule has 0 saturated carbocycles. The third kappa shape index (κ3) is 4.60. The summed E-state index contributed by atoms with van der Waals surface area (Å²) in [4.78, 5) is 0. The third-order valence-corrected chi connectivity index (χ3v) is 6.59. The number of benzene rings is 2. The van der Waals surface area contributed by atoms with Gasteiger partial charge in [0.2, 0.25) is 10.0 Å². The van der Waals surface area contributed by atoms with E-state index in [1.165, 1.54) is 31.2 Å². The fourth-order valence-corrected chi connectivity index (χ4v) is 3.42. The Balaban J connectivity index is 2.03. The maximum absolute atomic E-state index is 14.1. The summed E-state index contributed by atoms with van der Waals surface area (Å²) in [7, 11) is -4.41. The normalized spacial score (nSPS) is 17.8. The Morgan fingerprint density at radius 1 is 1.00 bits per heavy atom. The van der Waals surface area contributed by atoms with Gasteiger partial charge in [0.25, 0.3) is 0 Å². The van der Waals surface area contributed by atoms with Crippen LogP contribution >= 0.6 is 0 Å². The summed E-state index contributed by atoms with van der Waals surface area (Å²) in [5, 5.41) is 0. The first-order chi connectivity index (χ1) is 13.8. The predicted molar refractivity (Wildman–Crippen MR) is 112 cm³/mol. The maximum atomic E-state index is 14.1. The standard InChI is InChI=1S/C20H24BF2NO5S/c1-6-30(25,26)24-14-8-10-17(27-18-9-7-13(22)11-16(18)23)15(12-14)21-28-19(2,3)20(4,5)29-21/h7-12,24H,6H2,1-5H3. The maximum Gasteiger partial charge on any atom is 0.498 e. The monoisotopic (exact) mass is 439 g/mol. The second-order valence-corrected chi connectivity index (χ2v) is 10.0. The molecule has 162 valence electrons. The Hall–Kier alpha value is -2.17. The second-order valence-electron chi connectivity index (χ2n) is 8.02. The first-order valence-electron chi connectivity index (χ1n) is 9.46. The number of sulfonamides is 1. The molecule has 1 fully saturated rings. The van der Waals surface area contributed by atoms with E-state index in [-0.39, 0.29) is 22.9 Å². The first-order valence-corrected chi connectivity index (χ1v) is 11.1. The van der Waals surface area contributed by atoms with E-state index in [9.17, 15) is 17.2 Å². The predicted octanol–water partition coefficient (Wildman–Crippen LogP) is 3.82. The van der Waals surface area contributed by atoms with Crippen molar-refractivity contribution in [3.63, 3.8) is 0 Å². The SMILES string of the molecule is CCS(=O)(=O)Nc1ccc(Oc2ccc(F)cc2F)c(B2OC(C)(C)C(C)(C)O2)c1. The molecule has 2 aromatic rings. The van der Waals surface area contributed by atoms with E-state index in [4.69, 9.17) is 14.0 Å². The Labute approximate surface area is 175 Å². The van der Waals surface area contributed by atoms with Crippen molar-refractivity contribution in [1.29, 1.82) is 0 Å². The highest BCUT2D eigenvalue weighted by Crippen LogP contribution is 2.38. The van der Waals surface area contributed by atoms with Crippen LogP contribution in [0, 0.1) is 11.6 Å². The zero-order chi connectivity index (χ0) is 22.3. The van der Waals surface area contributed by atoms with Crippen molar-refractivity contribution in [2.45, 2.75) is 45.8 Å². The average Bonchev–Trinajstić information content (AvgIpc) is 2.85. The van der Waals surface area contributed by atoms with Gasteiger partial charge < -0.3 is 14.0 Å². The minimum Gasteiger partial charge on any atom is -0.455 e. The first kappa shape index (κ1) is 22.5. The lowest BCUT2D eigenvalue weighted by molar-refractivity contribution is 0.00578. The molecule has 0 aliphatic carbocycles. The van der Waals surface area contributed by atoms with Crippen molar-refractivity contribution in [1.82, 2.24) is 0 Å². The zero-order valence-corrected chi connectivity index (χ0v) is 18.3. The molecule has 0 aromatic heterocycles. The van der Waals surface area contributed by atoms with Gasteiger partial charge in [0.15, 0.2) is 11.6 Å². The molecule has 10 heteroatoms. The molecular weight excluding hydrogens is 415 g/mol. The van der Waals surface area contributed by atoms with Crippen molar-refractivity contribution in [3.05, 3.63) is 48.0 Å². The molecule has 1 aliphatic heterocycles. The number of anilines is 1. The lowest BCUT2D eigenvalue weighted by atomic mass is 9.78. The number of rotatable bonds is 6. The van der Waals surface area contributed by atoms with E-state index in [1.807, 2.05) is 27.7 Å². The quantitative estimate of drug-likeness (QED) is 0.693. The third-order valence-electron chi connectivity index (χ3n) is 5.28. The van der Waals surface area contributed by atoms with Gasteiger partial charge in [0.05, 0.1) is 17.0 Å². The van der Waals surface area contributed by atoms with Gasteiger partial charge in [-0.05, 0) is 65.0 Å². The largest absolute Gasteiger partial charge is 0.498 e. The molecule has 1 aliphatic rings. The van der Waals surface area contributed by atoms with Crippen LogP contribution in [0.2, 0.25) is 0 Å². The van der Waals surface area contributed by atoms with Crippen molar-refractivity contribution >= 4 is 28.3 Å². The van der Waals surface area contributed by atoms with Gasteiger partial charge >= 0.3 is 7.12 Å². The Morgan fingerprint density at radius 3 is 2.17 bits per heavy atom. The fraction of sp³-hybridized carbons (Fsp3) is 0.400. The molecule has 0 radical (unpaired) electrons. The molecule has 0 spiro atoms. The van der Waals surface area contributed by atoms with Crippen molar-refractivity contribution in [2.75, 3.05) is 10.5 Å². The molecular formula is C20H24BF2NO5S. The molecule has 0 unspecified atom stereocenters. The van der Waals surface area contributed by atoms with Crippen LogP contribution < -0.4 is 14.9 Å². The van der Waals surface area contributed by atoms with Crippen LogP contribution in [0.4, 0.5) is 14.5 Å². The summed E-state index contributed by atoms with van der Waals surface area (Å²) in [6.45, 7) is 9.01. The number of halogens is 2. The van der Waals surface area contributed by atoms with E-state index < -0.39 is 40.0 Å². The minimum atomic E-state index is -3.52. The number of hydrogen-bond donors (Lipinski definition) is 1. The van der Waals surface area contributed by atoms with Gasteiger partial charge in [0.1, 0.15) is 11.6 Å². The van der Waals surface area contributed by atoms with E-state index in [0.29, 0.717) is 11.5 Å². The van der Waals surface area contributed by atoms with E-state index in [1.54, 1.807) is 0 Å². The molecule has 1 N–H and O–H groups in total. The van der Waals surface area contributed by atoms with Crippen LogP contribution in [0.1, 0.15) is 34.6 Å². The lowest BCUT2D eigenvalue weighted by Gasteiger charge is -2.32. The van der Waals surface area contributed by atoms with Crippen molar-refractivity contribution in [2.24, 2.45) is 0 Å². The minimum absolute atomic E-state index is 0.0993. The number of hydrogen-bond acceptors (Lipinski definition) is 5. The lowest BCUT2D eigenvalue weighted by Crippen LogP contribution is -2.41. The molecule has 0 bridgehead atoms.